The zero-order valence-corrected chi connectivity index (χ0v) is 11.0. The number of nitrogens with two attached hydrogens (primary N) is 1. The molecule has 0 saturated carbocycles. The maximum Gasteiger partial charge on any atom is 0.153 e. The summed E-state index contributed by atoms with van der Waals surface area (Å²) in [5, 5.41) is 13.6. The molecule has 0 saturated heterocycles. The summed E-state index contributed by atoms with van der Waals surface area (Å²) >= 11 is 0. The first-order valence-electron chi connectivity index (χ1n) is 6.29. The van der Waals surface area contributed by atoms with E-state index >= 15 is 0 Å². The van der Waals surface area contributed by atoms with E-state index in [0.29, 0.717) is 5.56 Å². The van der Waals surface area contributed by atoms with Crippen LogP contribution < -0.4 is 5.73 Å². The zero-order chi connectivity index (χ0) is 14.1. The van der Waals surface area contributed by atoms with Gasteiger partial charge in [0, 0.05) is 29.6 Å². The van der Waals surface area contributed by atoms with E-state index in [1.54, 1.807) is 23.0 Å². The summed E-state index contributed by atoms with van der Waals surface area (Å²) in [5.41, 5.74) is 9.98. The number of hydrogen-bond acceptors (Lipinski definition) is 4. The minimum absolute atomic E-state index is 0.162. The van der Waals surface area contributed by atoms with Crippen molar-refractivity contribution >= 4 is 5.65 Å². The minimum atomic E-state index is -0.162. The van der Waals surface area contributed by atoms with E-state index in [1.165, 1.54) is 0 Å². The predicted octanol–water partition coefficient (Wildman–Crippen LogP) is 2.29. The van der Waals surface area contributed by atoms with Crippen molar-refractivity contribution in [3.63, 3.8) is 0 Å². The Morgan fingerprint density at radius 1 is 1.35 bits per heavy atom. The molecular weight excluding hydrogens is 250 g/mol. The zero-order valence-electron chi connectivity index (χ0n) is 11.0. The van der Waals surface area contributed by atoms with Crippen LogP contribution in [0.25, 0.3) is 16.9 Å². The third kappa shape index (κ3) is 2.02. The van der Waals surface area contributed by atoms with Crippen molar-refractivity contribution in [3.05, 3.63) is 53.9 Å². The van der Waals surface area contributed by atoms with E-state index in [1.807, 2.05) is 31.2 Å². The molecule has 0 radical (unpaired) electrons. The predicted molar refractivity (Wildman–Crippen MR) is 75.7 cm³/mol. The third-order valence-corrected chi connectivity index (χ3v) is 3.17. The number of imidazole rings is 1. The molecule has 0 aliphatic rings. The van der Waals surface area contributed by atoms with Gasteiger partial charge in [-0.05, 0) is 25.1 Å². The molecule has 0 amide bonds. The first-order valence-corrected chi connectivity index (χ1v) is 6.29. The van der Waals surface area contributed by atoms with Crippen molar-refractivity contribution < 1.29 is 0 Å². The maximum atomic E-state index is 9.02. The Balaban J connectivity index is 2.27. The van der Waals surface area contributed by atoms with Gasteiger partial charge in [-0.25, -0.2) is 9.50 Å². The van der Waals surface area contributed by atoms with Crippen LogP contribution in [0.2, 0.25) is 0 Å². The summed E-state index contributed by atoms with van der Waals surface area (Å²) in [6.45, 7) is 1.91. The van der Waals surface area contributed by atoms with E-state index in [2.05, 4.69) is 16.2 Å². The van der Waals surface area contributed by atoms with E-state index in [4.69, 9.17) is 11.0 Å². The molecule has 3 rings (SSSR count). The van der Waals surface area contributed by atoms with Crippen molar-refractivity contribution in [3.8, 4) is 17.3 Å². The topological polar surface area (TPSA) is 80.0 Å². The lowest BCUT2D eigenvalue weighted by Gasteiger charge is -2.12. The lowest BCUT2D eigenvalue weighted by Crippen LogP contribution is -2.10. The van der Waals surface area contributed by atoms with E-state index in [-0.39, 0.29) is 6.04 Å². The van der Waals surface area contributed by atoms with Crippen molar-refractivity contribution in [1.29, 1.82) is 5.26 Å². The van der Waals surface area contributed by atoms with Gasteiger partial charge in [-0.15, -0.1) is 0 Å². The fourth-order valence-corrected chi connectivity index (χ4v) is 2.18. The van der Waals surface area contributed by atoms with Crippen LogP contribution in [0.15, 0.2) is 42.7 Å². The van der Waals surface area contributed by atoms with Gasteiger partial charge in [0.25, 0.3) is 0 Å². The SMILES string of the molecule is C[C@H](N)c1cc2nccn2nc1-c1cccc(C#N)c1. The smallest absolute Gasteiger partial charge is 0.153 e. The van der Waals surface area contributed by atoms with Gasteiger partial charge < -0.3 is 5.73 Å². The molecule has 0 fully saturated rings. The monoisotopic (exact) mass is 263 g/mol. The molecule has 2 heterocycles. The summed E-state index contributed by atoms with van der Waals surface area (Å²) in [4.78, 5) is 4.22. The summed E-state index contributed by atoms with van der Waals surface area (Å²) in [6.07, 6.45) is 3.49. The van der Waals surface area contributed by atoms with Crippen molar-refractivity contribution in [2.45, 2.75) is 13.0 Å². The number of rotatable bonds is 2. The lowest BCUT2D eigenvalue weighted by atomic mass is 10.0. The molecule has 0 unspecified atom stereocenters. The van der Waals surface area contributed by atoms with Gasteiger partial charge in [-0.3, -0.25) is 0 Å². The van der Waals surface area contributed by atoms with Crippen LogP contribution in [0.4, 0.5) is 0 Å². The maximum absolute atomic E-state index is 9.02. The second-order valence-corrected chi connectivity index (χ2v) is 4.66. The highest BCUT2D eigenvalue weighted by Gasteiger charge is 2.13. The van der Waals surface area contributed by atoms with Crippen LogP contribution in [0, 0.1) is 11.3 Å². The van der Waals surface area contributed by atoms with Crippen LogP contribution in [0.3, 0.4) is 0 Å². The molecule has 1 atom stereocenters. The Morgan fingerprint density at radius 2 is 2.20 bits per heavy atom. The van der Waals surface area contributed by atoms with E-state index < -0.39 is 0 Å². The van der Waals surface area contributed by atoms with Crippen molar-refractivity contribution in [2.24, 2.45) is 5.73 Å². The fraction of sp³-hybridized carbons (Fsp3) is 0.133. The molecule has 5 nitrogen and oxygen atoms in total. The number of nitriles is 1. The Kier molecular flexibility index (Phi) is 2.93. The summed E-state index contributed by atoms with van der Waals surface area (Å²) in [7, 11) is 0. The van der Waals surface area contributed by atoms with Gasteiger partial charge >= 0.3 is 0 Å². The van der Waals surface area contributed by atoms with Gasteiger partial charge in [0.2, 0.25) is 0 Å². The molecule has 3 aromatic rings. The molecule has 0 bridgehead atoms. The highest BCUT2D eigenvalue weighted by molar-refractivity contribution is 5.67. The number of fused-ring (bicyclic) bond motifs is 1. The molecule has 2 N–H and O–H groups in total. The largest absolute Gasteiger partial charge is 0.324 e. The quantitative estimate of drug-likeness (QED) is 0.769. The standard InChI is InChI=1S/C15H13N5/c1-10(17)13-8-14-18-5-6-20(14)19-15(13)12-4-2-3-11(7-12)9-16/h2-8,10H,17H2,1H3/t10-/m0/s1. The Hall–Kier alpha value is -2.71. The first-order chi connectivity index (χ1) is 9.69. The molecule has 0 aliphatic heterocycles. The lowest BCUT2D eigenvalue weighted by molar-refractivity contribution is 0.798. The normalized spacial score (nSPS) is 12.2. The Labute approximate surface area is 116 Å². The van der Waals surface area contributed by atoms with Gasteiger partial charge in [0.1, 0.15) is 0 Å². The second-order valence-electron chi connectivity index (χ2n) is 4.66. The number of aromatic nitrogens is 3. The van der Waals surface area contributed by atoms with Crippen LogP contribution in [-0.4, -0.2) is 14.6 Å². The summed E-state index contributed by atoms with van der Waals surface area (Å²) < 4.78 is 1.71. The molecule has 1 aromatic carbocycles. The van der Waals surface area contributed by atoms with Crippen LogP contribution in [-0.2, 0) is 0 Å². The fourth-order valence-electron chi connectivity index (χ4n) is 2.18. The highest BCUT2D eigenvalue weighted by Crippen LogP contribution is 2.26. The van der Waals surface area contributed by atoms with Gasteiger partial charge in [0.15, 0.2) is 5.65 Å². The van der Waals surface area contributed by atoms with Crippen LogP contribution in [0.5, 0.6) is 0 Å². The van der Waals surface area contributed by atoms with E-state index in [9.17, 15) is 0 Å². The average Bonchev–Trinajstić information content (AvgIpc) is 2.93. The van der Waals surface area contributed by atoms with Crippen LogP contribution in [0.1, 0.15) is 24.1 Å². The molecule has 0 aliphatic carbocycles. The molecule has 0 spiro atoms. The highest BCUT2D eigenvalue weighted by atomic mass is 15.2. The van der Waals surface area contributed by atoms with Crippen LogP contribution >= 0.6 is 0 Å². The first kappa shape index (κ1) is 12.3. The summed E-state index contributed by atoms with van der Waals surface area (Å²) in [6, 6.07) is 11.3. The average molecular weight is 263 g/mol. The molecule has 5 heteroatoms. The molecule has 98 valence electrons. The minimum Gasteiger partial charge on any atom is -0.324 e. The van der Waals surface area contributed by atoms with Gasteiger partial charge in [-0.2, -0.15) is 10.4 Å². The van der Waals surface area contributed by atoms with E-state index in [0.717, 1.165) is 22.5 Å². The second kappa shape index (κ2) is 4.76. The summed E-state index contributed by atoms with van der Waals surface area (Å²) in [5.74, 6) is 0. The van der Waals surface area contributed by atoms with Crippen molar-refractivity contribution in [1.82, 2.24) is 14.6 Å². The molecule has 20 heavy (non-hydrogen) atoms. The third-order valence-electron chi connectivity index (χ3n) is 3.17. The molecular formula is C15H13N5. The Morgan fingerprint density at radius 3 is 2.95 bits per heavy atom. The van der Waals surface area contributed by atoms with Gasteiger partial charge in [-0.1, -0.05) is 12.1 Å². The Bertz CT molecular complexity index is 810. The number of nitrogens with zero attached hydrogens (tertiary/aromatic N) is 4. The number of hydrogen-bond donors (Lipinski definition) is 1. The van der Waals surface area contributed by atoms with Crippen molar-refractivity contribution in [2.75, 3.05) is 0 Å². The molecule has 2 aromatic heterocycles. The number of benzene rings is 1. The van der Waals surface area contributed by atoms with Gasteiger partial charge in [0.05, 0.1) is 17.3 Å².